The first kappa shape index (κ1) is 19.2. The van der Waals surface area contributed by atoms with Gasteiger partial charge in [0.1, 0.15) is 30.5 Å². The molecule has 1 rings (SSSR count). The van der Waals surface area contributed by atoms with Crippen LogP contribution in [0.15, 0.2) is 0 Å². The summed E-state index contributed by atoms with van der Waals surface area (Å²) in [5.41, 5.74) is 0. The molecule has 1 aliphatic rings. The van der Waals surface area contributed by atoms with Gasteiger partial charge in [0, 0.05) is 14.2 Å². The summed E-state index contributed by atoms with van der Waals surface area (Å²) in [5.74, 6) is -1.25. The highest BCUT2D eigenvalue weighted by atomic mass is 16.7. The molecule has 7 atom stereocenters. The van der Waals surface area contributed by atoms with Gasteiger partial charge in [-0.3, -0.25) is 0 Å². The minimum Gasteiger partial charge on any atom is -0.479 e. The number of carboxylic acid groups (broad SMARTS) is 1. The number of epoxide rings is 1. The van der Waals surface area contributed by atoms with Crippen LogP contribution in [0.5, 0.6) is 0 Å². The number of aliphatic carboxylic acids is 1. The second kappa shape index (κ2) is 8.70. The molecule has 0 aromatic carbocycles. The molecular weight excluding hydrogens is 304 g/mol. The number of aliphatic hydroxyl groups is 4. The van der Waals surface area contributed by atoms with Gasteiger partial charge < -0.3 is 44.5 Å². The number of aliphatic hydroxyl groups excluding tert-OH is 4. The molecule has 0 saturated carbocycles. The van der Waals surface area contributed by atoms with Crippen LogP contribution in [0.3, 0.4) is 0 Å². The summed E-state index contributed by atoms with van der Waals surface area (Å²) in [4.78, 5) is 10.9. The lowest BCUT2D eigenvalue weighted by Crippen LogP contribution is -2.47. The topological polar surface area (TPSA) is 158 Å². The van der Waals surface area contributed by atoms with E-state index in [9.17, 15) is 15.0 Å². The zero-order valence-electron chi connectivity index (χ0n) is 12.2. The van der Waals surface area contributed by atoms with Crippen LogP contribution in [-0.2, 0) is 23.7 Å². The Morgan fingerprint density at radius 3 is 2.18 bits per heavy atom. The zero-order valence-corrected chi connectivity index (χ0v) is 12.2. The van der Waals surface area contributed by atoms with Crippen LogP contribution in [0, 0.1) is 0 Å². The minimum atomic E-state index is -1.59. The molecular formula is C12H22O10. The summed E-state index contributed by atoms with van der Waals surface area (Å²) in [6.45, 7) is -1.20. The van der Waals surface area contributed by atoms with Crippen molar-refractivity contribution in [3.8, 4) is 0 Å². The standard InChI is InChI=1S/C12H22O10/c1-19-6(4-14)7(5(15)3-13)22-12(18)10-8(21-10)9(20-2)11(16)17/h5-10,12-15,18H,3-4H2,1-2H3,(H,16,17). The van der Waals surface area contributed by atoms with E-state index in [1.54, 1.807) is 0 Å². The van der Waals surface area contributed by atoms with Crippen LogP contribution < -0.4 is 0 Å². The van der Waals surface area contributed by atoms with Crippen LogP contribution >= 0.6 is 0 Å². The van der Waals surface area contributed by atoms with Gasteiger partial charge in [-0.05, 0) is 0 Å². The molecule has 0 spiro atoms. The van der Waals surface area contributed by atoms with E-state index in [4.69, 9.17) is 34.3 Å². The number of rotatable bonds is 11. The summed E-state index contributed by atoms with van der Waals surface area (Å²) in [5, 5.41) is 46.6. The van der Waals surface area contributed by atoms with E-state index in [1.807, 2.05) is 0 Å². The van der Waals surface area contributed by atoms with Gasteiger partial charge in [0.15, 0.2) is 12.4 Å². The number of carboxylic acids is 1. The Hall–Kier alpha value is -0.850. The van der Waals surface area contributed by atoms with Crippen molar-refractivity contribution in [3.63, 3.8) is 0 Å². The smallest absolute Gasteiger partial charge is 0.335 e. The van der Waals surface area contributed by atoms with Gasteiger partial charge in [-0.25, -0.2) is 4.79 Å². The highest BCUT2D eigenvalue weighted by molar-refractivity contribution is 5.73. The summed E-state index contributed by atoms with van der Waals surface area (Å²) >= 11 is 0. The largest absolute Gasteiger partial charge is 0.479 e. The molecule has 5 N–H and O–H groups in total. The molecule has 0 aromatic heterocycles. The number of carbonyl (C=O) groups is 1. The second-order valence-electron chi connectivity index (χ2n) is 4.76. The molecule has 1 saturated heterocycles. The maximum absolute atomic E-state index is 10.9. The summed E-state index contributed by atoms with van der Waals surface area (Å²) in [6.07, 6.45) is -8.36. The SMILES string of the molecule is COC(CO)C(OC(O)C1OC1C(OC)C(=O)O)C(O)CO. The van der Waals surface area contributed by atoms with Gasteiger partial charge in [-0.15, -0.1) is 0 Å². The van der Waals surface area contributed by atoms with Crippen LogP contribution in [0.25, 0.3) is 0 Å². The Kier molecular flexibility index (Phi) is 7.59. The molecule has 1 fully saturated rings. The minimum absolute atomic E-state index is 0.518. The summed E-state index contributed by atoms with van der Waals surface area (Å²) in [6, 6.07) is 0. The third-order valence-corrected chi connectivity index (χ3v) is 3.35. The van der Waals surface area contributed by atoms with E-state index < -0.39 is 62.1 Å². The number of hydrogen-bond donors (Lipinski definition) is 5. The van der Waals surface area contributed by atoms with E-state index in [2.05, 4.69) is 0 Å². The predicted molar refractivity (Wildman–Crippen MR) is 68.9 cm³/mol. The molecule has 1 heterocycles. The van der Waals surface area contributed by atoms with Crippen molar-refractivity contribution in [3.05, 3.63) is 0 Å². The molecule has 0 aromatic rings. The Bertz CT molecular complexity index is 347. The first-order chi connectivity index (χ1) is 10.4. The third kappa shape index (κ3) is 4.57. The van der Waals surface area contributed by atoms with E-state index in [0.29, 0.717) is 0 Å². The quantitative estimate of drug-likeness (QED) is 0.195. The third-order valence-electron chi connectivity index (χ3n) is 3.35. The monoisotopic (exact) mass is 326 g/mol. The van der Waals surface area contributed by atoms with E-state index in [1.165, 1.54) is 14.2 Å². The molecule has 0 bridgehead atoms. The Labute approximate surface area is 126 Å². The lowest BCUT2D eigenvalue weighted by Gasteiger charge is -2.29. The van der Waals surface area contributed by atoms with E-state index in [0.717, 1.165) is 0 Å². The normalized spacial score (nSPS) is 27.7. The first-order valence-corrected chi connectivity index (χ1v) is 6.58. The molecule has 22 heavy (non-hydrogen) atoms. The first-order valence-electron chi connectivity index (χ1n) is 6.58. The van der Waals surface area contributed by atoms with Crippen molar-refractivity contribution in [2.45, 2.75) is 42.9 Å². The van der Waals surface area contributed by atoms with E-state index in [-0.39, 0.29) is 0 Å². The molecule has 10 heteroatoms. The number of hydrogen-bond acceptors (Lipinski definition) is 9. The van der Waals surface area contributed by atoms with Gasteiger partial charge in [0.25, 0.3) is 0 Å². The van der Waals surface area contributed by atoms with Crippen molar-refractivity contribution >= 4 is 5.97 Å². The van der Waals surface area contributed by atoms with Crippen LogP contribution in [0.2, 0.25) is 0 Å². The lowest BCUT2D eigenvalue weighted by molar-refractivity contribution is -0.214. The molecule has 0 amide bonds. The summed E-state index contributed by atoms with van der Waals surface area (Å²) < 4.78 is 19.8. The predicted octanol–water partition coefficient (Wildman–Crippen LogP) is -3.08. The summed E-state index contributed by atoms with van der Waals surface area (Å²) in [7, 11) is 2.45. The fraction of sp³-hybridized carbons (Fsp3) is 0.917. The lowest BCUT2D eigenvalue weighted by atomic mass is 10.1. The average molecular weight is 326 g/mol. The number of ether oxygens (including phenoxy) is 4. The van der Waals surface area contributed by atoms with Crippen molar-refractivity contribution in [2.24, 2.45) is 0 Å². The van der Waals surface area contributed by atoms with Gasteiger partial charge >= 0.3 is 5.97 Å². The average Bonchev–Trinajstić information content (AvgIpc) is 3.27. The maximum Gasteiger partial charge on any atom is 0.335 e. The zero-order chi connectivity index (χ0) is 16.9. The van der Waals surface area contributed by atoms with Crippen LogP contribution in [-0.4, -0.2) is 102 Å². The molecule has 1 aliphatic heterocycles. The Balaban J connectivity index is 2.65. The molecule has 130 valence electrons. The Morgan fingerprint density at radius 1 is 1.14 bits per heavy atom. The van der Waals surface area contributed by atoms with Crippen LogP contribution in [0.1, 0.15) is 0 Å². The molecule has 0 radical (unpaired) electrons. The Morgan fingerprint density at radius 2 is 1.77 bits per heavy atom. The highest BCUT2D eigenvalue weighted by Crippen LogP contribution is 2.31. The van der Waals surface area contributed by atoms with Gasteiger partial charge in [0.2, 0.25) is 0 Å². The van der Waals surface area contributed by atoms with E-state index >= 15 is 0 Å². The van der Waals surface area contributed by atoms with Crippen molar-refractivity contribution in [1.82, 2.24) is 0 Å². The second-order valence-corrected chi connectivity index (χ2v) is 4.76. The van der Waals surface area contributed by atoms with Gasteiger partial charge in [-0.1, -0.05) is 0 Å². The van der Waals surface area contributed by atoms with Gasteiger partial charge in [0.05, 0.1) is 13.2 Å². The van der Waals surface area contributed by atoms with Crippen LogP contribution in [0.4, 0.5) is 0 Å². The highest BCUT2D eigenvalue weighted by Gasteiger charge is 2.54. The fourth-order valence-corrected chi connectivity index (χ4v) is 2.07. The maximum atomic E-state index is 10.9. The number of methoxy groups -OCH3 is 2. The van der Waals surface area contributed by atoms with Crippen molar-refractivity contribution in [1.29, 1.82) is 0 Å². The van der Waals surface area contributed by atoms with Gasteiger partial charge in [-0.2, -0.15) is 0 Å². The molecule has 10 nitrogen and oxygen atoms in total. The van der Waals surface area contributed by atoms with Crippen molar-refractivity contribution < 1.29 is 49.3 Å². The molecule has 7 unspecified atom stereocenters. The molecule has 0 aliphatic carbocycles. The fourth-order valence-electron chi connectivity index (χ4n) is 2.07. The van der Waals surface area contributed by atoms with Crippen molar-refractivity contribution in [2.75, 3.05) is 27.4 Å².